The highest BCUT2D eigenvalue weighted by atomic mass is 32.2. The lowest BCUT2D eigenvalue weighted by atomic mass is 9.71. The van der Waals surface area contributed by atoms with Crippen LogP contribution in [0.15, 0.2) is 0 Å². The average Bonchev–Trinajstić information content (AvgIpc) is 2.42. The average molecular weight is 285 g/mol. The summed E-state index contributed by atoms with van der Waals surface area (Å²) in [6.45, 7) is 1.77. The molecule has 4 nitrogen and oxygen atoms in total. The van der Waals surface area contributed by atoms with Crippen molar-refractivity contribution in [2.75, 3.05) is 5.75 Å². The second kappa shape index (κ2) is 6.16. The molecule has 2 rings (SSSR count). The van der Waals surface area contributed by atoms with E-state index in [2.05, 4.69) is 5.32 Å². The van der Waals surface area contributed by atoms with Gasteiger partial charge in [-0.25, -0.2) is 0 Å². The number of hydrogen-bond acceptors (Lipinski definition) is 3. The van der Waals surface area contributed by atoms with Crippen LogP contribution in [0.3, 0.4) is 0 Å². The smallest absolute Gasteiger partial charge is 0.311 e. The van der Waals surface area contributed by atoms with Crippen molar-refractivity contribution in [1.29, 1.82) is 0 Å². The number of carbonyl (C=O) groups excluding carboxylic acids is 1. The topological polar surface area (TPSA) is 66.4 Å². The van der Waals surface area contributed by atoms with Gasteiger partial charge in [-0.1, -0.05) is 19.3 Å². The number of rotatable bonds is 3. The molecule has 0 radical (unpaired) electrons. The number of carboxylic acids is 1. The van der Waals surface area contributed by atoms with E-state index in [4.69, 9.17) is 0 Å². The summed E-state index contributed by atoms with van der Waals surface area (Å²) in [5.41, 5.74) is -0.798. The standard InChI is InChI=1S/C14H23NO3S/c1-14(13(17)18)8-4-2-7-11(14)15-12(16)10-6-3-5-9-19-10/h10-11H,2-9H2,1H3,(H,15,16)(H,17,18). The zero-order chi connectivity index (χ0) is 13.9. The second-order valence-corrected chi connectivity index (χ2v) is 7.20. The predicted molar refractivity (Wildman–Crippen MR) is 76.2 cm³/mol. The summed E-state index contributed by atoms with van der Waals surface area (Å²) < 4.78 is 0. The molecule has 108 valence electrons. The maximum atomic E-state index is 12.3. The minimum Gasteiger partial charge on any atom is -0.481 e. The highest BCUT2D eigenvalue weighted by Crippen LogP contribution is 2.37. The fourth-order valence-electron chi connectivity index (χ4n) is 3.03. The van der Waals surface area contributed by atoms with Crippen molar-refractivity contribution in [3.05, 3.63) is 0 Å². The Morgan fingerprint density at radius 2 is 1.95 bits per heavy atom. The molecule has 1 heterocycles. The number of hydrogen-bond donors (Lipinski definition) is 2. The van der Waals surface area contributed by atoms with Gasteiger partial charge in [0.25, 0.3) is 0 Å². The molecule has 1 aliphatic carbocycles. The molecule has 0 aromatic carbocycles. The van der Waals surface area contributed by atoms with Crippen molar-refractivity contribution in [2.45, 2.75) is 63.2 Å². The van der Waals surface area contributed by atoms with Crippen LogP contribution in [0.5, 0.6) is 0 Å². The van der Waals surface area contributed by atoms with Gasteiger partial charge in [-0.05, 0) is 38.4 Å². The number of nitrogens with one attached hydrogen (secondary N) is 1. The number of thioether (sulfide) groups is 1. The summed E-state index contributed by atoms with van der Waals surface area (Å²) in [6.07, 6.45) is 6.60. The Morgan fingerprint density at radius 3 is 2.58 bits per heavy atom. The molecule has 0 aromatic heterocycles. The number of carbonyl (C=O) groups is 2. The van der Waals surface area contributed by atoms with Gasteiger partial charge in [0, 0.05) is 6.04 Å². The highest BCUT2D eigenvalue weighted by molar-refractivity contribution is 8.00. The van der Waals surface area contributed by atoms with Crippen molar-refractivity contribution in [3.63, 3.8) is 0 Å². The molecular weight excluding hydrogens is 262 g/mol. The Bertz CT molecular complexity index is 355. The number of carboxylic acid groups (broad SMARTS) is 1. The molecule has 3 atom stereocenters. The summed E-state index contributed by atoms with van der Waals surface area (Å²) in [6, 6.07) is -0.214. The zero-order valence-corrected chi connectivity index (χ0v) is 12.3. The lowest BCUT2D eigenvalue weighted by Gasteiger charge is -2.39. The second-order valence-electron chi connectivity index (χ2n) is 5.88. The first kappa shape index (κ1) is 14.7. The molecule has 0 aromatic rings. The molecule has 3 unspecified atom stereocenters. The summed E-state index contributed by atoms with van der Waals surface area (Å²) in [5, 5.41) is 12.5. The SMILES string of the molecule is CC1(C(=O)O)CCCCC1NC(=O)C1CCCCS1. The van der Waals surface area contributed by atoms with E-state index < -0.39 is 11.4 Å². The van der Waals surface area contributed by atoms with E-state index in [0.29, 0.717) is 6.42 Å². The molecule has 5 heteroatoms. The first-order valence-corrected chi connectivity index (χ1v) is 8.24. The maximum absolute atomic E-state index is 12.3. The Morgan fingerprint density at radius 1 is 1.21 bits per heavy atom. The zero-order valence-electron chi connectivity index (χ0n) is 11.5. The molecule has 1 aliphatic heterocycles. The van der Waals surface area contributed by atoms with E-state index in [-0.39, 0.29) is 17.2 Å². The van der Waals surface area contributed by atoms with Gasteiger partial charge in [-0.15, -0.1) is 11.8 Å². The summed E-state index contributed by atoms with van der Waals surface area (Å²) in [7, 11) is 0. The Labute approximate surface area is 118 Å². The monoisotopic (exact) mass is 285 g/mol. The Kier molecular flexibility index (Phi) is 4.76. The van der Waals surface area contributed by atoms with Gasteiger partial charge in [0.05, 0.1) is 10.7 Å². The van der Waals surface area contributed by atoms with Crippen LogP contribution in [0.25, 0.3) is 0 Å². The summed E-state index contributed by atoms with van der Waals surface area (Å²) in [5.74, 6) is 0.303. The van der Waals surface area contributed by atoms with Crippen LogP contribution in [0, 0.1) is 5.41 Å². The van der Waals surface area contributed by atoms with Gasteiger partial charge in [0.2, 0.25) is 5.91 Å². The minimum atomic E-state index is -0.798. The quantitative estimate of drug-likeness (QED) is 0.835. The third-order valence-corrected chi connectivity index (χ3v) is 5.86. The Balaban J connectivity index is 1.99. The molecule has 2 aliphatic rings. The van der Waals surface area contributed by atoms with Gasteiger partial charge < -0.3 is 10.4 Å². The Hall–Kier alpha value is -0.710. The van der Waals surface area contributed by atoms with Crippen molar-refractivity contribution >= 4 is 23.6 Å². The van der Waals surface area contributed by atoms with Gasteiger partial charge in [0.1, 0.15) is 0 Å². The molecular formula is C14H23NO3S. The lowest BCUT2D eigenvalue weighted by Crippen LogP contribution is -2.54. The van der Waals surface area contributed by atoms with E-state index in [1.807, 2.05) is 0 Å². The number of aliphatic carboxylic acids is 1. The van der Waals surface area contributed by atoms with Crippen LogP contribution < -0.4 is 5.32 Å². The van der Waals surface area contributed by atoms with Crippen LogP contribution in [0.4, 0.5) is 0 Å². The van der Waals surface area contributed by atoms with Crippen LogP contribution >= 0.6 is 11.8 Å². The molecule has 1 amide bonds. The van der Waals surface area contributed by atoms with E-state index >= 15 is 0 Å². The van der Waals surface area contributed by atoms with Crippen LogP contribution in [0.1, 0.15) is 51.9 Å². The van der Waals surface area contributed by atoms with E-state index in [1.165, 1.54) is 6.42 Å². The first-order chi connectivity index (χ1) is 9.04. The molecule has 0 bridgehead atoms. The largest absolute Gasteiger partial charge is 0.481 e. The fourth-order valence-corrected chi connectivity index (χ4v) is 4.24. The van der Waals surface area contributed by atoms with Crippen molar-refractivity contribution in [3.8, 4) is 0 Å². The third-order valence-electron chi connectivity index (χ3n) is 4.49. The van der Waals surface area contributed by atoms with Crippen molar-refractivity contribution in [2.24, 2.45) is 5.41 Å². The van der Waals surface area contributed by atoms with Gasteiger partial charge in [0.15, 0.2) is 0 Å². The highest BCUT2D eigenvalue weighted by Gasteiger charge is 2.44. The van der Waals surface area contributed by atoms with Gasteiger partial charge in [-0.3, -0.25) is 9.59 Å². The van der Waals surface area contributed by atoms with Crippen molar-refractivity contribution in [1.82, 2.24) is 5.32 Å². The molecule has 1 saturated heterocycles. The summed E-state index contributed by atoms with van der Waals surface area (Å²) in [4.78, 5) is 23.7. The van der Waals surface area contributed by atoms with E-state index in [0.717, 1.165) is 37.9 Å². The molecule has 2 N–H and O–H groups in total. The van der Waals surface area contributed by atoms with E-state index in [9.17, 15) is 14.7 Å². The number of amides is 1. The molecule has 1 saturated carbocycles. The van der Waals surface area contributed by atoms with Crippen LogP contribution in [0.2, 0.25) is 0 Å². The third kappa shape index (κ3) is 3.25. The van der Waals surface area contributed by atoms with Crippen LogP contribution in [-0.4, -0.2) is 34.0 Å². The first-order valence-electron chi connectivity index (χ1n) is 7.19. The molecule has 2 fully saturated rings. The summed E-state index contributed by atoms with van der Waals surface area (Å²) >= 11 is 1.71. The normalized spacial score (nSPS) is 35.6. The molecule has 0 spiro atoms. The van der Waals surface area contributed by atoms with Gasteiger partial charge >= 0.3 is 5.97 Å². The van der Waals surface area contributed by atoms with Crippen molar-refractivity contribution < 1.29 is 14.7 Å². The maximum Gasteiger partial charge on any atom is 0.311 e. The molecule has 19 heavy (non-hydrogen) atoms. The fraction of sp³-hybridized carbons (Fsp3) is 0.857. The van der Waals surface area contributed by atoms with E-state index in [1.54, 1.807) is 18.7 Å². The van der Waals surface area contributed by atoms with Crippen LogP contribution in [-0.2, 0) is 9.59 Å². The lowest BCUT2D eigenvalue weighted by molar-refractivity contribution is -0.152. The predicted octanol–water partition coefficient (Wildman–Crippen LogP) is 2.42. The minimum absolute atomic E-state index is 0.0220. The van der Waals surface area contributed by atoms with Gasteiger partial charge in [-0.2, -0.15) is 0 Å².